The highest BCUT2D eigenvalue weighted by molar-refractivity contribution is 6.13. The van der Waals surface area contributed by atoms with Crippen LogP contribution in [0.2, 0.25) is 0 Å². The minimum Gasteiger partial charge on any atom is -0.489 e. The third kappa shape index (κ3) is 3.56. The SMILES string of the molecule is O=CC=Nc1ccc(OCc2ccccc2)cc1. The van der Waals surface area contributed by atoms with Gasteiger partial charge in [-0.1, -0.05) is 30.3 Å². The molecule has 2 rings (SSSR count). The summed E-state index contributed by atoms with van der Waals surface area (Å²) in [6, 6.07) is 17.3. The molecule has 0 fully saturated rings. The van der Waals surface area contributed by atoms with Crippen molar-refractivity contribution in [3.8, 4) is 5.75 Å². The van der Waals surface area contributed by atoms with Crippen molar-refractivity contribution in [3.05, 3.63) is 60.2 Å². The third-order valence-corrected chi connectivity index (χ3v) is 2.37. The van der Waals surface area contributed by atoms with Gasteiger partial charge in [0, 0.05) is 0 Å². The Morgan fingerprint density at radius 1 is 1.00 bits per heavy atom. The normalized spacial score (nSPS) is 10.4. The van der Waals surface area contributed by atoms with Crippen molar-refractivity contribution in [2.75, 3.05) is 0 Å². The van der Waals surface area contributed by atoms with Crippen molar-refractivity contribution < 1.29 is 9.53 Å². The van der Waals surface area contributed by atoms with E-state index in [1.165, 1.54) is 6.21 Å². The van der Waals surface area contributed by atoms with E-state index in [9.17, 15) is 4.79 Å². The highest BCUT2D eigenvalue weighted by Crippen LogP contribution is 2.18. The standard InChI is InChI=1S/C15H13NO2/c17-11-10-16-14-6-8-15(9-7-14)18-12-13-4-2-1-3-5-13/h1-11H,12H2. The molecule has 0 atom stereocenters. The smallest absolute Gasteiger partial charge is 0.161 e. The maximum Gasteiger partial charge on any atom is 0.161 e. The third-order valence-electron chi connectivity index (χ3n) is 2.37. The summed E-state index contributed by atoms with van der Waals surface area (Å²) in [6.07, 6.45) is 1.87. The van der Waals surface area contributed by atoms with E-state index in [-0.39, 0.29) is 0 Å². The maximum atomic E-state index is 10.1. The van der Waals surface area contributed by atoms with E-state index >= 15 is 0 Å². The molecule has 0 amide bonds. The van der Waals surface area contributed by atoms with Crippen molar-refractivity contribution in [3.63, 3.8) is 0 Å². The Balaban J connectivity index is 1.94. The summed E-state index contributed by atoms with van der Waals surface area (Å²) in [5.74, 6) is 0.781. The number of hydrogen-bond acceptors (Lipinski definition) is 3. The van der Waals surface area contributed by atoms with Gasteiger partial charge in [0.2, 0.25) is 0 Å². The Kier molecular flexibility index (Phi) is 4.25. The molecule has 0 aromatic heterocycles. The van der Waals surface area contributed by atoms with E-state index in [1.807, 2.05) is 42.5 Å². The summed E-state index contributed by atoms with van der Waals surface area (Å²) in [6.45, 7) is 0.539. The van der Waals surface area contributed by atoms with Crippen molar-refractivity contribution in [2.24, 2.45) is 4.99 Å². The first-order chi connectivity index (χ1) is 8.88. The van der Waals surface area contributed by atoms with Gasteiger partial charge < -0.3 is 4.74 Å². The summed E-state index contributed by atoms with van der Waals surface area (Å²) < 4.78 is 5.63. The summed E-state index contributed by atoms with van der Waals surface area (Å²) >= 11 is 0. The number of nitrogens with zero attached hydrogens (tertiary/aromatic N) is 1. The second-order valence-electron chi connectivity index (χ2n) is 3.68. The van der Waals surface area contributed by atoms with Crippen molar-refractivity contribution in [1.82, 2.24) is 0 Å². The second-order valence-corrected chi connectivity index (χ2v) is 3.68. The first-order valence-corrected chi connectivity index (χ1v) is 5.63. The molecule has 3 heteroatoms. The van der Waals surface area contributed by atoms with Crippen molar-refractivity contribution in [2.45, 2.75) is 6.61 Å². The summed E-state index contributed by atoms with van der Waals surface area (Å²) in [7, 11) is 0. The molecule has 0 heterocycles. The zero-order chi connectivity index (χ0) is 12.6. The van der Waals surface area contributed by atoms with E-state index in [4.69, 9.17) is 4.74 Å². The molecule has 0 saturated heterocycles. The van der Waals surface area contributed by atoms with Crippen LogP contribution < -0.4 is 4.74 Å². The zero-order valence-electron chi connectivity index (χ0n) is 9.82. The van der Waals surface area contributed by atoms with Crippen LogP contribution in [0.4, 0.5) is 5.69 Å². The topological polar surface area (TPSA) is 38.7 Å². The predicted octanol–water partition coefficient (Wildman–Crippen LogP) is 3.17. The van der Waals surface area contributed by atoms with Crippen LogP contribution in [0.15, 0.2) is 59.6 Å². The molecule has 0 spiro atoms. The predicted molar refractivity (Wildman–Crippen MR) is 71.4 cm³/mol. The monoisotopic (exact) mass is 239 g/mol. The minimum absolute atomic E-state index is 0.539. The first kappa shape index (κ1) is 12.0. The summed E-state index contributed by atoms with van der Waals surface area (Å²) in [5, 5.41) is 0. The zero-order valence-corrected chi connectivity index (χ0v) is 9.82. The Hall–Kier alpha value is -2.42. The number of hydrogen-bond donors (Lipinski definition) is 0. The average Bonchev–Trinajstić information content (AvgIpc) is 2.45. The largest absolute Gasteiger partial charge is 0.489 e. The van der Waals surface area contributed by atoms with Gasteiger partial charge >= 0.3 is 0 Å². The van der Waals surface area contributed by atoms with Gasteiger partial charge in [-0.2, -0.15) is 0 Å². The van der Waals surface area contributed by atoms with E-state index in [2.05, 4.69) is 4.99 Å². The molecule has 0 aliphatic carbocycles. The lowest BCUT2D eigenvalue weighted by Gasteiger charge is -2.06. The maximum absolute atomic E-state index is 10.1. The molecule has 3 nitrogen and oxygen atoms in total. The molecular formula is C15H13NO2. The van der Waals surface area contributed by atoms with Crippen LogP contribution in [-0.2, 0) is 11.4 Å². The quantitative estimate of drug-likeness (QED) is 0.593. The van der Waals surface area contributed by atoms with Gasteiger partial charge in [-0.05, 0) is 29.8 Å². The molecule has 18 heavy (non-hydrogen) atoms. The molecule has 0 N–H and O–H groups in total. The second kappa shape index (κ2) is 6.35. The van der Waals surface area contributed by atoms with Gasteiger partial charge in [0.05, 0.1) is 11.9 Å². The van der Waals surface area contributed by atoms with Gasteiger partial charge in [0.15, 0.2) is 6.29 Å². The van der Waals surface area contributed by atoms with Gasteiger partial charge in [-0.3, -0.25) is 9.79 Å². The molecule has 90 valence electrons. The van der Waals surface area contributed by atoms with Crippen molar-refractivity contribution in [1.29, 1.82) is 0 Å². The molecule has 0 saturated carbocycles. The van der Waals surface area contributed by atoms with E-state index in [1.54, 1.807) is 12.1 Å². The molecule has 2 aromatic rings. The van der Waals surface area contributed by atoms with E-state index in [0.717, 1.165) is 17.0 Å². The van der Waals surface area contributed by atoms with E-state index in [0.29, 0.717) is 12.9 Å². The fourth-order valence-corrected chi connectivity index (χ4v) is 1.49. The van der Waals surface area contributed by atoms with Gasteiger partial charge in [-0.15, -0.1) is 0 Å². The Bertz CT molecular complexity index is 518. The molecule has 2 aromatic carbocycles. The molecule has 0 bridgehead atoms. The lowest BCUT2D eigenvalue weighted by molar-refractivity contribution is -0.102. The molecule has 0 aliphatic heterocycles. The molecule has 0 unspecified atom stereocenters. The van der Waals surface area contributed by atoms with Gasteiger partial charge in [0.1, 0.15) is 12.4 Å². The fraction of sp³-hybridized carbons (Fsp3) is 0.0667. The Morgan fingerprint density at radius 3 is 2.39 bits per heavy atom. The number of carbonyl (C=O) groups is 1. The Morgan fingerprint density at radius 2 is 1.72 bits per heavy atom. The fourth-order valence-electron chi connectivity index (χ4n) is 1.49. The van der Waals surface area contributed by atoms with Crippen LogP contribution in [0.5, 0.6) is 5.75 Å². The molecular weight excluding hydrogens is 226 g/mol. The summed E-state index contributed by atoms with van der Waals surface area (Å²) in [4.78, 5) is 14.1. The minimum atomic E-state index is 0.539. The Labute approximate surface area is 106 Å². The lowest BCUT2D eigenvalue weighted by atomic mass is 10.2. The van der Waals surface area contributed by atoms with Crippen LogP contribution in [-0.4, -0.2) is 12.5 Å². The summed E-state index contributed by atoms with van der Waals surface area (Å²) in [5.41, 5.74) is 1.86. The van der Waals surface area contributed by atoms with E-state index < -0.39 is 0 Å². The van der Waals surface area contributed by atoms with Crippen LogP contribution in [0.1, 0.15) is 5.56 Å². The van der Waals surface area contributed by atoms with Crippen LogP contribution in [0.3, 0.4) is 0 Å². The average molecular weight is 239 g/mol. The molecule has 0 aliphatic rings. The lowest BCUT2D eigenvalue weighted by Crippen LogP contribution is -1.94. The van der Waals surface area contributed by atoms with Crippen LogP contribution in [0, 0.1) is 0 Å². The number of aliphatic imine (C=N–C) groups is 1. The first-order valence-electron chi connectivity index (χ1n) is 5.63. The number of carbonyl (C=O) groups excluding carboxylic acids is 1. The van der Waals surface area contributed by atoms with Crippen LogP contribution >= 0.6 is 0 Å². The molecule has 0 radical (unpaired) electrons. The number of rotatable bonds is 5. The number of ether oxygens (including phenoxy) is 1. The highest BCUT2D eigenvalue weighted by atomic mass is 16.5. The van der Waals surface area contributed by atoms with Crippen molar-refractivity contribution >= 4 is 18.2 Å². The van der Waals surface area contributed by atoms with Crippen LogP contribution in [0.25, 0.3) is 0 Å². The van der Waals surface area contributed by atoms with Gasteiger partial charge in [-0.25, -0.2) is 0 Å². The number of benzene rings is 2. The van der Waals surface area contributed by atoms with Gasteiger partial charge in [0.25, 0.3) is 0 Å². The highest BCUT2D eigenvalue weighted by Gasteiger charge is 1.95. The number of aldehydes is 1.